The molecule has 0 saturated carbocycles. The van der Waals surface area contributed by atoms with Crippen LogP contribution >= 0.6 is 11.8 Å². The van der Waals surface area contributed by atoms with Crippen LogP contribution in [0.5, 0.6) is 0 Å². The summed E-state index contributed by atoms with van der Waals surface area (Å²) in [6.07, 6.45) is 14.1. The van der Waals surface area contributed by atoms with Crippen LogP contribution in [-0.4, -0.2) is 6.26 Å². The summed E-state index contributed by atoms with van der Waals surface area (Å²) in [5, 5.41) is 8.66. The molecule has 0 radical (unpaired) electrons. The highest BCUT2D eigenvalue weighted by Crippen LogP contribution is 2.28. The Morgan fingerprint density at radius 2 is 2.20 bits per heavy atom. The van der Waals surface area contributed by atoms with E-state index in [4.69, 9.17) is 5.26 Å². The average Bonchev–Trinajstić information content (AvgIpc) is 2.36. The van der Waals surface area contributed by atoms with Crippen LogP contribution in [0.2, 0.25) is 0 Å². The highest BCUT2D eigenvalue weighted by Gasteiger charge is 2.11. The van der Waals surface area contributed by atoms with Gasteiger partial charge in [0, 0.05) is 16.4 Å². The lowest BCUT2D eigenvalue weighted by Gasteiger charge is -2.12. The van der Waals surface area contributed by atoms with Gasteiger partial charge < -0.3 is 0 Å². The van der Waals surface area contributed by atoms with Crippen LogP contribution in [0.1, 0.15) is 13.8 Å². The lowest BCUT2D eigenvalue weighted by atomic mass is 9.93. The molecule has 0 N–H and O–H groups in total. The first kappa shape index (κ1) is 11.9. The summed E-state index contributed by atoms with van der Waals surface area (Å²) in [6, 6.07) is 2.08. The lowest BCUT2D eigenvalue weighted by molar-refractivity contribution is 0.627. The zero-order valence-electron chi connectivity index (χ0n) is 9.32. The quantitative estimate of drug-likeness (QED) is 0.656. The summed E-state index contributed by atoms with van der Waals surface area (Å²) in [6.45, 7) is 4.31. The van der Waals surface area contributed by atoms with Gasteiger partial charge >= 0.3 is 0 Å². The molecule has 1 nitrogen and oxygen atoms in total. The van der Waals surface area contributed by atoms with Crippen LogP contribution in [0.25, 0.3) is 0 Å². The average molecular weight is 217 g/mol. The molecule has 0 aromatic rings. The molecule has 0 spiro atoms. The summed E-state index contributed by atoms with van der Waals surface area (Å²) in [7, 11) is 0. The Bertz CT molecular complexity index is 389. The normalized spacial score (nSPS) is 19.3. The molecule has 1 rings (SSSR count). The van der Waals surface area contributed by atoms with E-state index in [-0.39, 0.29) is 5.41 Å². The minimum Gasteiger partial charge on any atom is -0.193 e. The maximum Gasteiger partial charge on any atom is 0.0923 e. The monoisotopic (exact) mass is 217 g/mol. The Kier molecular flexibility index (Phi) is 3.99. The predicted molar refractivity (Wildman–Crippen MR) is 67.4 cm³/mol. The van der Waals surface area contributed by atoms with Crippen LogP contribution < -0.4 is 0 Å². The smallest absolute Gasteiger partial charge is 0.0923 e. The van der Waals surface area contributed by atoms with E-state index >= 15 is 0 Å². The Balaban J connectivity index is 3.01. The number of hydrogen-bond donors (Lipinski definition) is 0. The second-order valence-corrected chi connectivity index (χ2v) is 4.83. The van der Waals surface area contributed by atoms with Crippen LogP contribution in [0.15, 0.2) is 46.9 Å². The third-order valence-electron chi connectivity index (χ3n) is 2.19. The number of rotatable bonds is 2. The number of hydrogen-bond acceptors (Lipinski definition) is 2. The van der Waals surface area contributed by atoms with Gasteiger partial charge in [-0.25, -0.2) is 0 Å². The maximum absolute atomic E-state index is 8.66. The number of nitriles is 1. The van der Waals surface area contributed by atoms with Gasteiger partial charge in [-0.2, -0.15) is 5.26 Å². The molecule has 0 heterocycles. The second-order valence-electron chi connectivity index (χ2n) is 3.98. The van der Waals surface area contributed by atoms with E-state index in [1.807, 2.05) is 12.3 Å². The van der Waals surface area contributed by atoms with E-state index in [0.29, 0.717) is 0 Å². The largest absolute Gasteiger partial charge is 0.193 e. The van der Waals surface area contributed by atoms with Crippen molar-refractivity contribution in [3.63, 3.8) is 0 Å². The SMILES string of the molecule is CS/C(=C\C#N)C1=CC=CC(C)(C)C=C1. The van der Waals surface area contributed by atoms with E-state index in [0.717, 1.165) is 10.5 Å². The molecule has 1 aliphatic carbocycles. The fourth-order valence-electron chi connectivity index (χ4n) is 1.30. The van der Waals surface area contributed by atoms with Crippen molar-refractivity contribution in [2.75, 3.05) is 6.26 Å². The molecule has 0 fully saturated rings. The van der Waals surface area contributed by atoms with Crippen LogP contribution in [0.4, 0.5) is 0 Å². The fourth-order valence-corrected chi connectivity index (χ4v) is 1.84. The van der Waals surface area contributed by atoms with E-state index in [1.165, 1.54) is 0 Å². The molecule has 1 aliphatic rings. The van der Waals surface area contributed by atoms with Crippen LogP contribution in [0, 0.1) is 16.7 Å². The van der Waals surface area contributed by atoms with Gasteiger partial charge in [-0.3, -0.25) is 0 Å². The van der Waals surface area contributed by atoms with E-state index in [2.05, 4.69) is 44.2 Å². The van der Waals surface area contributed by atoms with Crippen molar-refractivity contribution in [2.45, 2.75) is 13.8 Å². The topological polar surface area (TPSA) is 23.8 Å². The summed E-state index contributed by atoms with van der Waals surface area (Å²) in [4.78, 5) is 1.01. The molecule has 0 atom stereocenters. The molecule has 2 heteroatoms. The molecule has 0 aliphatic heterocycles. The first-order valence-electron chi connectivity index (χ1n) is 4.82. The molecule has 15 heavy (non-hydrogen) atoms. The van der Waals surface area contributed by atoms with Crippen LogP contribution in [0.3, 0.4) is 0 Å². The molecule has 0 aromatic heterocycles. The second kappa shape index (κ2) is 5.04. The van der Waals surface area contributed by atoms with Gasteiger partial charge in [0.1, 0.15) is 0 Å². The molecule has 0 bridgehead atoms. The Hall–Kier alpha value is -1.20. The molecule has 78 valence electrons. The zero-order valence-corrected chi connectivity index (χ0v) is 10.1. The van der Waals surface area contributed by atoms with Gasteiger partial charge in [0.15, 0.2) is 0 Å². The summed E-state index contributed by atoms with van der Waals surface area (Å²) in [5.41, 5.74) is 1.19. The first-order valence-corrected chi connectivity index (χ1v) is 6.04. The van der Waals surface area contributed by atoms with E-state index in [9.17, 15) is 0 Å². The maximum atomic E-state index is 8.66. The molecule has 0 saturated heterocycles. The molecular formula is C13H15NS. The fraction of sp³-hybridized carbons (Fsp3) is 0.308. The predicted octanol–water partition coefficient (Wildman–Crippen LogP) is 3.84. The number of allylic oxidation sites excluding steroid dienone is 7. The Morgan fingerprint density at radius 1 is 1.47 bits per heavy atom. The van der Waals surface area contributed by atoms with Crippen molar-refractivity contribution in [1.29, 1.82) is 5.26 Å². The molecule has 0 amide bonds. The van der Waals surface area contributed by atoms with Crippen molar-refractivity contribution in [3.05, 3.63) is 46.9 Å². The molecule has 0 aromatic carbocycles. The van der Waals surface area contributed by atoms with E-state index in [1.54, 1.807) is 17.8 Å². The highest BCUT2D eigenvalue weighted by atomic mass is 32.2. The third kappa shape index (κ3) is 3.45. The van der Waals surface area contributed by atoms with Gasteiger partial charge in [0.25, 0.3) is 0 Å². The van der Waals surface area contributed by atoms with E-state index < -0.39 is 0 Å². The van der Waals surface area contributed by atoms with Gasteiger partial charge in [0.05, 0.1) is 6.07 Å². The number of thioether (sulfide) groups is 1. The minimum atomic E-state index is 0.0917. The summed E-state index contributed by atoms with van der Waals surface area (Å²) in [5.74, 6) is 0. The van der Waals surface area contributed by atoms with Crippen molar-refractivity contribution < 1.29 is 0 Å². The van der Waals surface area contributed by atoms with Gasteiger partial charge in [-0.15, -0.1) is 11.8 Å². The minimum absolute atomic E-state index is 0.0917. The zero-order chi connectivity index (χ0) is 11.3. The summed E-state index contributed by atoms with van der Waals surface area (Å²) < 4.78 is 0. The standard InChI is InChI=1S/C13H15NS/c1-13(2)8-4-5-11(6-9-13)12(15-3)7-10-14/h4-9H,1-3H3/b12-7-. The molecular weight excluding hydrogens is 202 g/mol. The first-order chi connectivity index (χ1) is 7.09. The lowest BCUT2D eigenvalue weighted by Crippen LogP contribution is -2.00. The molecule has 0 unspecified atom stereocenters. The Morgan fingerprint density at radius 3 is 2.80 bits per heavy atom. The third-order valence-corrected chi connectivity index (χ3v) is 2.99. The van der Waals surface area contributed by atoms with Crippen molar-refractivity contribution in [1.82, 2.24) is 0 Å². The van der Waals surface area contributed by atoms with Crippen LogP contribution in [-0.2, 0) is 0 Å². The van der Waals surface area contributed by atoms with Crippen molar-refractivity contribution >= 4 is 11.8 Å². The van der Waals surface area contributed by atoms with Gasteiger partial charge in [0.2, 0.25) is 0 Å². The van der Waals surface area contributed by atoms with Crippen molar-refractivity contribution in [2.24, 2.45) is 5.41 Å². The van der Waals surface area contributed by atoms with Gasteiger partial charge in [-0.1, -0.05) is 44.2 Å². The highest BCUT2D eigenvalue weighted by molar-refractivity contribution is 8.02. The van der Waals surface area contributed by atoms with Crippen molar-refractivity contribution in [3.8, 4) is 6.07 Å². The number of nitrogens with zero attached hydrogens (tertiary/aromatic N) is 1. The Labute approximate surface area is 95.9 Å². The summed E-state index contributed by atoms with van der Waals surface area (Å²) >= 11 is 1.60. The van der Waals surface area contributed by atoms with Gasteiger partial charge in [-0.05, 0) is 11.8 Å².